The largest absolute Gasteiger partial charge is 0.495 e. The number of nitrogens with one attached hydrogen (secondary N) is 4. The van der Waals surface area contributed by atoms with Gasteiger partial charge in [0.05, 0.1) is 29.8 Å². The average molecular weight is 545 g/mol. The minimum Gasteiger partial charge on any atom is -0.495 e. The lowest BCUT2D eigenvalue weighted by molar-refractivity contribution is -0.0327. The van der Waals surface area contributed by atoms with E-state index in [1.807, 2.05) is 6.07 Å². The summed E-state index contributed by atoms with van der Waals surface area (Å²) in [6, 6.07) is 10.1. The van der Waals surface area contributed by atoms with Gasteiger partial charge in [-0.15, -0.1) is 0 Å². The Bertz CT molecular complexity index is 1430. The van der Waals surface area contributed by atoms with E-state index >= 15 is 0 Å². The first-order chi connectivity index (χ1) is 18.2. The fourth-order valence-corrected chi connectivity index (χ4v) is 5.53. The van der Waals surface area contributed by atoms with Gasteiger partial charge < -0.3 is 26.0 Å². The predicted octanol–water partition coefficient (Wildman–Crippen LogP) is 3.94. The number of rotatable bonds is 7. The van der Waals surface area contributed by atoms with Gasteiger partial charge in [-0.3, -0.25) is 4.79 Å². The van der Waals surface area contributed by atoms with Gasteiger partial charge in [-0.05, 0) is 73.3 Å². The van der Waals surface area contributed by atoms with Gasteiger partial charge in [0.1, 0.15) is 17.3 Å². The highest BCUT2D eigenvalue weighted by Gasteiger charge is 2.55. The Morgan fingerprint density at radius 1 is 1.34 bits per heavy atom. The smallest absolute Gasteiger partial charge is 0.446 e. The maximum Gasteiger partial charge on any atom is 0.446 e. The van der Waals surface area contributed by atoms with Crippen molar-refractivity contribution in [1.29, 1.82) is 0 Å². The van der Waals surface area contributed by atoms with E-state index in [0.29, 0.717) is 34.3 Å². The van der Waals surface area contributed by atoms with Crippen LogP contribution in [0.3, 0.4) is 0 Å². The standard InChI is InChI=1S/C26H27F3N6O2S/c1-30-24(36)16-8-9-21(37-2)19(13-16)32-11-4-5-18-23(38-26(27,28)29)20-6-3-7-22(35(20)34-18)33-25-10-12-31-15-17(25)14-25/h3,6-9,13,17,31-33H,10-12,14-15H2,1-2H3,(H,30,36). The molecule has 2 atom stereocenters. The first-order valence-corrected chi connectivity index (χ1v) is 12.9. The van der Waals surface area contributed by atoms with Crippen molar-refractivity contribution in [3.8, 4) is 17.6 Å². The molecule has 0 radical (unpaired) electrons. The van der Waals surface area contributed by atoms with Crippen molar-refractivity contribution in [3.63, 3.8) is 0 Å². The summed E-state index contributed by atoms with van der Waals surface area (Å²) < 4.78 is 47.3. The van der Waals surface area contributed by atoms with Gasteiger partial charge in [-0.1, -0.05) is 12.0 Å². The van der Waals surface area contributed by atoms with E-state index in [1.165, 1.54) is 18.7 Å². The Balaban J connectivity index is 1.42. The van der Waals surface area contributed by atoms with Crippen LogP contribution in [0.4, 0.5) is 24.7 Å². The molecule has 5 rings (SSSR count). The first kappa shape index (κ1) is 26.1. The maximum atomic E-state index is 13.5. The van der Waals surface area contributed by atoms with Crippen molar-refractivity contribution in [2.24, 2.45) is 5.92 Å². The highest BCUT2D eigenvalue weighted by Crippen LogP contribution is 2.50. The van der Waals surface area contributed by atoms with Crippen LogP contribution in [0.5, 0.6) is 5.75 Å². The number of methoxy groups -OCH3 is 1. The summed E-state index contributed by atoms with van der Waals surface area (Å²) in [5, 5.41) is 17.0. The number of piperidine rings is 1. The molecule has 1 amide bonds. The fraction of sp³-hybridized carbons (Fsp3) is 0.385. The van der Waals surface area contributed by atoms with Gasteiger partial charge in [0, 0.05) is 24.7 Å². The molecule has 12 heteroatoms. The Morgan fingerprint density at radius 2 is 2.18 bits per heavy atom. The van der Waals surface area contributed by atoms with Gasteiger partial charge in [0.15, 0.2) is 0 Å². The molecule has 2 aromatic heterocycles. The van der Waals surface area contributed by atoms with E-state index in [4.69, 9.17) is 4.74 Å². The molecule has 38 heavy (non-hydrogen) atoms. The van der Waals surface area contributed by atoms with Crippen molar-refractivity contribution in [3.05, 3.63) is 47.7 Å². The third kappa shape index (κ3) is 5.35. The molecule has 2 fully saturated rings. The molecule has 0 bridgehead atoms. The summed E-state index contributed by atoms with van der Waals surface area (Å²) in [5.41, 5.74) is -3.18. The van der Waals surface area contributed by atoms with Crippen LogP contribution in [0, 0.1) is 17.8 Å². The molecule has 1 saturated carbocycles. The number of carbonyl (C=O) groups is 1. The highest BCUT2D eigenvalue weighted by atomic mass is 32.2. The zero-order valence-electron chi connectivity index (χ0n) is 20.8. The number of amides is 1. The summed E-state index contributed by atoms with van der Waals surface area (Å²) >= 11 is -0.213. The number of benzene rings is 1. The van der Waals surface area contributed by atoms with Gasteiger partial charge >= 0.3 is 5.51 Å². The van der Waals surface area contributed by atoms with Crippen molar-refractivity contribution in [2.45, 2.75) is 28.8 Å². The molecule has 3 heterocycles. The number of alkyl halides is 3. The topological polar surface area (TPSA) is 91.7 Å². The summed E-state index contributed by atoms with van der Waals surface area (Å²) in [7, 11) is 3.04. The SMILES string of the molecule is CNC(=O)c1ccc(OC)c(NCC#Cc2nn3c(NC45CCNCC4C5)cccc3c2SC(F)(F)F)c1. The quantitative estimate of drug-likeness (QED) is 0.265. The van der Waals surface area contributed by atoms with Gasteiger partial charge in [0.25, 0.3) is 5.91 Å². The van der Waals surface area contributed by atoms with E-state index in [9.17, 15) is 18.0 Å². The van der Waals surface area contributed by atoms with Gasteiger partial charge in [-0.2, -0.15) is 18.3 Å². The lowest BCUT2D eigenvalue weighted by atomic mass is 10.1. The number of carbonyl (C=O) groups excluding carboxylic acids is 1. The van der Waals surface area contributed by atoms with Crippen molar-refractivity contribution < 1.29 is 22.7 Å². The summed E-state index contributed by atoms with van der Waals surface area (Å²) in [6.07, 6.45) is 1.97. The van der Waals surface area contributed by atoms with Crippen LogP contribution in [0.15, 0.2) is 41.3 Å². The normalized spacial score (nSPS) is 20.2. The number of anilines is 2. The molecular formula is C26H27F3N6O2S. The lowest BCUT2D eigenvalue weighted by Crippen LogP contribution is -2.38. The van der Waals surface area contributed by atoms with E-state index in [0.717, 1.165) is 25.9 Å². The number of hydrogen-bond donors (Lipinski definition) is 4. The molecule has 1 aromatic carbocycles. The monoisotopic (exact) mass is 544 g/mol. The minimum atomic E-state index is -4.50. The van der Waals surface area contributed by atoms with Crippen LogP contribution in [0.2, 0.25) is 0 Å². The van der Waals surface area contributed by atoms with E-state index < -0.39 is 5.51 Å². The molecule has 8 nitrogen and oxygen atoms in total. The number of ether oxygens (including phenoxy) is 1. The minimum absolute atomic E-state index is 0.0389. The molecule has 2 unspecified atom stereocenters. The summed E-state index contributed by atoms with van der Waals surface area (Å²) in [6.45, 7) is 1.92. The van der Waals surface area contributed by atoms with Crippen LogP contribution in [-0.4, -0.2) is 60.4 Å². The molecular weight excluding hydrogens is 517 g/mol. The third-order valence-electron chi connectivity index (χ3n) is 6.84. The lowest BCUT2D eigenvalue weighted by Gasteiger charge is -2.25. The number of thioether (sulfide) groups is 1. The van der Waals surface area contributed by atoms with Crippen LogP contribution in [0.1, 0.15) is 28.9 Å². The average Bonchev–Trinajstić information content (AvgIpc) is 3.52. The van der Waals surface area contributed by atoms with Crippen molar-refractivity contribution >= 4 is 34.7 Å². The van der Waals surface area contributed by atoms with E-state index in [1.54, 1.807) is 30.3 Å². The van der Waals surface area contributed by atoms with Crippen LogP contribution in [-0.2, 0) is 0 Å². The Kier molecular flexibility index (Phi) is 7.07. The third-order valence-corrected chi connectivity index (χ3v) is 7.68. The molecule has 1 saturated heterocycles. The molecule has 1 aliphatic carbocycles. The Labute approximate surface area is 222 Å². The molecule has 2 aliphatic rings. The Morgan fingerprint density at radius 3 is 2.92 bits per heavy atom. The van der Waals surface area contributed by atoms with Crippen LogP contribution in [0.25, 0.3) is 5.52 Å². The van der Waals surface area contributed by atoms with Crippen molar-refractivity contribution in [1.82, 2.24) is 20.2 Å². The summed E-state index contributed by atoms with van der Waals surface area (Å²) in [5.74, 6) is 7.07. The zero-order chi connectivity index (χ0) is 26.9. The van der Waals surface area contributed by atoms with Gasteiger partial charge in [-0.25, -0.2) is 4.52 Å². The van der Waals surface area contributed by atoms with E-state index in [2.05, 4.69) is 38.2 Å². The number of pyridine rings is 1. The van der Waals surface area contributed by atoms with Gasteiger partial charge in [0.2, 0.25) is 0 Å². The van der Waals surface area contributed by atoms with E-state index in [-0.39, 0.29) is 40.3 Å². The number of fused-ring (bicyclic) bond motifs is 2. The zero-order valence-corrected chi connectivity index (χ0v) is 21.6. The predicted molar refractivity (Wildman–Crippen MR) is 141 cm³/mol. The molecule has 200 valence electrons. The number of hydrogen-bond acceptors (Lipinski definition) is 7. The maximum absolute atomic E-state index is 13.5. The first-order valence-electron chi connectivity index (χ1n) is 12.1. The van der Waals surface area contributed by atoms with Crippen LogP contribution < -0.4 is 26.0 Å². The second kappa shape index (κ2) is 10.3. The Hall–Kier alpha value is -3.56. The molecule has 1 aliphatic heterocycles. The second-order valence-electron chi connectivity index (χ2n) is 9.22. The van der Waals surface area contributed by atoms with Crippen molar-refractivity contribution in [2.75, 3.05) is 44.4 Å². The number of nitrogens with zero attached hydrogens (tertiary/aromatic N) is 2. The fourth-order valence-electron chi connectivity index (χ4n) is 4.85. The van der Waals surface area contributed by atoms with Crippen LogP contribution >= 0.6 is 11.8 Å². The summed E-state index contributed by atoms with van der Waals surface area (Å²) in [4.78, 5) is 11.9. The number of halogens is 3. The molecule has 3 aromatic rings. The second-order valence-corrected chi connectivity index (χ2v) is 10.3. The number of aromatic nitrogens is 2. The highest BCUT2D eigenvalue weighted by molar-refractivity contribution is 8.00. The molecule has 4 N–H and O–H groups in total. The molecule has 0 spiro atoms.